The van der Waals surface area contributed by atoms with E-state index >= 15 is 0 Å². The van der Waals surface area contributed by atoms with Crippen molar-refractivity contribution in [3.8, 4) is 5.75 Å². The summed E-state index contributed by atoms with van der Waals surface area (Å²) in [6.45, 7) is 3.65. The highest BCUT2D eigenvalue weighted by Gasteiger charge is 2.24. The highest BCUT2D eigenvalue weighted by Crippen LogP contribution is 2.31. The summed E-state index contributed by atoms with van der Waals surface area (Å²) in [4.78, 5) is 38.8. The first-order valence-corrected chi connectivity index (χ1v) is 9.42. The number of benzene rings is 3. The summed E-state index contributed by atoms with van der Waals surface area (Å²) in [5.74, 6) is -0.608. The Morgan fingerprint density at radius 2 is 1.67 bits per heavy atom. The zero-order chi connectivity index (χ0) is 21.7. The number of amides is 2. The van der Waals surface area contributed by atoms with Crippen molar-refractivity contribution in [1.29, 1.82) is 0 Å². The lowest BCUT2D eigenvalue weighted by Crippen LogP contribution is -2.30. The molecule has 1 aromatic heterocycles. The Kier molecular flexibility index (Phi) is 4.46. The zero-order valence-corrected chi connectivity index (χ0v) is 17.1. The van der Waals surface area contributed by atoms with Gasteiger partial charge in [0.25, 0.3) is 5.91 Å². The molecule has 1 N–H and O–H groups in total. The van der Waals surface area contributed by atoms with Crippen molar-refractivity contribution in [1.82, 2.24) is 9.13 Å². The summed E-state index contributed by atoms with van der Waals surface area (Å²) in [6.07, 6.45) is 0.464. The molecule has 152 valence electrons. The molecule has 1 heterocycles. The maximum absolute atomic E-state index is 13.4. The summed E-state index contributed by atoms with van der Waals surface area (Å²) in [7, 11) is 3.32. The van der Waals surface area contributed by atoms with Crippen LogP contribution in [0.25, 0.3) is 21.8 Å². The summed E-state index contributed by atoms with van der Waals surface area (Å²) < 4.78 is 2.99. The van der Waals surface area contributed by atoms with Gasteiger partial charge in [-0.2, -0.15) is 0 Å². The molecular formula is C23H21N3O4. The van der Waals surface area contributed by atoms with Crippen LogP contribution in [0.3, 0.4) is 0 Å². The number of imide groups is 1. The van der Waals surface area contributed by atoms with E-state index in [1.54, 1.807) is 45.3 Å². The lowest BCUT2D eigenvalue weighted by atomic mass is 9.98. The molecule has 2 amide bonds. The number of aryl methyl sites for hydroxylation is 4. The van der Waals surface area contributed by atoms with Gasteiger partial charge in [0.1, 0.15) is 5.75 Å². The molecular weight excluding hydrogens is 382 g/mol. The number of carbonyl (C=O) groups excluding carboxylic acids is 2. The number of aromatic nitrogens is 2. The molecule has 0 aliphatic carbocycles. The minimum Gasteiger partial charge on any atom is -0.508 e. The SMILES string of the molecule is Cc1cc2c(cc1N(C=O)C(=O)c1cc(O)cc3cccc(C)c13)n(C)c(=O)n2C. The molecule has 0 bridgehead atoms. The molecule has 0 unspecified atom stereocenters. The number of nitrogens with zero attached hydrogens (tertiary/aromatic N) is 3. The molecule has 7 heteroatoms. The van der Waals surface area contributed by atoms with Crippen LogP contribution in [0.2, 0.25) is 0 Å². The first kappa shape index (κ1) is 19.4. The van der Waals surface area contributed by atoms with Crippen LogP contribution in [-0.4, -0.2) is 26.6 Å². The van der Waals surface area contributed by atoms with Gasteiger partial charge in [-0.3, -0.25) is 18.7 Å². The third-order valence-electron chi connectivity index (χ3n) is 5.57. The highest BCUT2D eigenvalue weighted by atomic mass is 16.3. The Balaban J connectivity index is 1.94. The maximum atomic E-state index is 13.4. The summed E-state index contributed by atoms with van der Waals surface area (Å²) >= 11 is 0. The van der Waals surface area contributed by atoms with E-state index in [-0.39, 0.29) is 17.0 Å². The second-order valence-electron chi connectivity index (χ2n) is 7.47. The fraction of sp³-hybridized carbons (Fsp3) is 0.174. The van der Waals surface area contributed by atoms with Gasteiger partial charge in [-0.25, -0.2) is 9.69 Å². The van der Waals surface area contributed by atoms with Gasteiger partial charge in [-0.05, 0) is 60.0 Å². The average molecular weight is 403 g/mol. The second-order valence-corrected chi connectivity index (χ2v) is 7.47. The van der Waals surface area contributed by atoms with Gasteiger partial charge >= 0.3 is 5.69 Å². The first-order chi connectivity index (χ1) is 14.2. The third-order valence-corrected chi connectivity index (χ3v) is 5.57. The van der Waals surface area contributed by atoms with Crippen molar-refractivity contribution < 1.29 is 14.7 Å². The molecule has 0 radical (unpaired) electrons. The standard InChI is InChI=1S/C23H21N3O4/c1-13-6-5-7-15-9-16(28)10-17(21(13)15)22(29)26(12-27)18-11-20-19(8-14(18)2)24(3)23(30)25(20)4/h5-12,28H,1-4H3. The molecule has 4 rings (SSSR count). The van der Waals surface area contributed by atoms with Gasteiger partial charge in [0.2, 0.25) is 6.41 Å². The third kappa shape index (κ3) is 2.78. The van der Waals surface area contributed by atoms with E-state index in [0.717, 1.165) is 10.5 Å². The molecule has 0 saturated heterocycles. The number of carbonyl (C=O) groups is 2. The molecule has 0 spiro atoms. The van der Waals surface area contributed by atoms with E-state index in [1.807, 2.05) is 19.1 Å². The Labute approximate surface area is 172 Å². The molecule has 7 nitrogen and oxygen atoms in total. The van der Waals surface area contributed by atoms with Crippen molar-refractivity contribution in [2.45, 2.75) is 13.8 Å². The Morgan fingerprint density at radius 3 is 2.33 bits per heavy atom. The van der Waals surface area contributed by atoms with Gasteiger partial charge in [0, 0.05) is 14.1 Å². The number of fused-ring (bicyclic) bond motifs is 2. The van der Waals surface area contributed by atoms with E-state index in [1.165, 1.54) is 15.2 Å². The van der Waals surface area contributed by atoms with E-state index in [4.69, 9.17) is 0 Å². The number of aromatic hydroxyl groups is 1. The molecule has 4 aromatic rings. The van der Waals surface area contributed by atoms with Crippen molar-refractivity contribution in [2.75, 3.05) is 4.90 Å². The fourth-order valence-electron chi connectivity index (χ4n) is 4.01. The number of anilines is 1. The van der Waals surface area contributed by atoms with E-state index in [2.05, 4.69) is 0 Å². The maximum Gasteiger partial charge on any atom is 0.328 e. The molecule has 30 heavy (non-hydrogen) atoms. The van der Waals surface area contributed by atoms with Crippen LogP contribution < -0.4 is 10.6 Å². The van der Waals surface area contributed by atoms with Crippen LogP contribution in [0.15, 0.2) is 47.3 Å². The van der Waals surface area contributed by atoms with E-state index in [9.17, 15) is 19.5 Å². The topological polar surface area (TPSA) is 84.5 Å². The summed E-state index contributed by atoms with van der Waals surface area (Å²) in [6, 6.07) is 11.9. The van der Waals surface area contributed by atoms with Crippen LogP contribution in [0, 0.1) is 13.8 Å². The van der Waals surface area contributed by atoms with Gasteiger partial charge in [0.05, 0.1) is 22.3 Å². The number of hydrogen-bond acceptors (Lipinski definition) is 4. The molecule has 0 saturated carbocycles. The average Bonchev–Trinajstić information content (AvgIpc) is 2.91. The van der Waals surface area contributed by atoms with Crippen LogP contribution in [0.4, 0.5) is 5.69 Å². The number of imidazole rings is 1. The van der Waals surface area contributed by atoms with Gasteiger partial charge < -0.3 is 5.11 Å². The Morgan fingerprint density at radius 1 is 1.00 bits per heavy atom. The van der Waals surface area contributed by atoms with Gasteiger partial charge in [-0.15, -0.1) is 0 Å². The predicted molar refractivity (Wildman–Crippen MR) is 116 cm³/mol. The predicted octanol–water partition coefficient (Wildman–Crippen LogP) is 3.16. The van der Waals surface area contributed by atoms with Crippen molar-refractivity contribution in [3.63, 3.8) is 0 Å². The zero-order valence-electron chi connectivity index (χ0n) is 17.1. The smallest absolute Gasteiger partial charge is 0.328 e. The Hall–Kier alpha value is -3.87. The van der Waals surface area contributed by atoms with Crippen LogP contribution in [0.1, 0.15) is 21.5 Å². The second kappa shape index (κ2) is 6.88. The van der Waals surface area contributed by atoms with Crippen molar-refractivity contribution in [2.24, 2.45) is 14.1 Å². The lowest BCUT2D eigenvalue weighted by Gasteiger charge is -2.20. The van der Waals surface area contributed by atoms with Crippen molar-refractivity contribution in [3.05, 3.63) is 69.6 Å². The van der Waals surface area contributed by atoms with Crippen LogP contribution in [0.5, 0.6) is 5.75 Å². The molecule has 0 aliphatic heterocycles. The van der Waals surface area contributed by atoms with Crippen LogP contribution in [-0.2, 0) is 18.9 Å². The van der Waals surface area contributed by atoms with E-state index in [0.29, 0.717) is 39.5 Å². The highest BCUT2D eigenvalue weighted by molar-refractivity contribution is 6.21. The summed E-state index contributed by atoms with van der Waals surface area (Å²) in [5.41, 5.74) is 3.27. The molecule has 0 fully saturated rings. The number of phenols is 1. The lowest BCUT2D eigenvalue weighted by molar-refractivity contribution is -0.106. The number of hydrogen-bond donors (Lipinski definition) is 1. The van der Waals surface area contributed by atoms with Crippen molar-refractivity contribution >= 4 is 39.8 Å². The normalized spacial score (nSPS) is 11.2. The fourth-order valence-corrected chi connectivity index (χ4v) is 4.01. The first-order valence-electron chi connectivity index (χ1n) is 9.42. The Bertz CT molecular complexity index is 1410. The minimum absolute atomic E-state index is 0.0556. The number of phenolic OH excluding ortho intramolecular Hbond substituents is 1. The monoisotopic (exact) mass is 403 g/mol. The van der Waals surface area contributed by atoms with Gasteiger partial charge in [0.15, 0.2) is 0 Å². The number of rotatable bonds is 3. The quantitative estimate of drug-likeness (QED) is 0.533. The minimum atomic E-state index is -0.552. The molecule has 0 aliphatic rings. The van der Waals surface area contributed by atoms with Gasteiger partial charge in [-0.1, -0.05) is 18.2 Å². The summed E-state index contributed by atoms with van der Waals surface area (Å²) in [5, 5.41) is 11.5. The van der Waals surface area contributed by atoms with Crippen LogP contribution >= 0.6 is 0 Å². The molecule has 3 aromatic carbocycles. The van der Waals surface area contributed by atoms with E-state index < -0.39 is 5.91 Å². The largest absolute Gasteiger partial charge is 0.508 e. The molecule has 0 atom stereocenters.